The lowest BCUT2D eigenvalue weighted by Crippen LogP contribution is -2.39. The van der Waals surface area contributed by atoms with E-state index in [0.717, 1.165) is 18.5 Å². The van der Waals surface area contributed by atoms with Crippen LogP contribution in [0.5, 0.6) is 0 Å². The normalized spacial score (nSPS) is 21.1. The van der Waals surface area contributed by atoms with E-state index in [2.05, 4.69) is 42.1 Å². The molecule has 0 aliphatic heterocycles. The molecule has 0 aromatic carbocycles. The van der Waals surface area contributed by atoms with Gasteiger partial charge in [0.1, 0.15) is 5.00 Å². The minimum atomic E-state index is -0.725. The Bertz CT molecular complexity index is 899. The summed E-state index contributed by atoms with van der Waals surface area (Å²) >= 11 is 1.24. The predicted octanol–water partition coefficient (Wildman–Crippen LogP) is 1.36. The molecule has 2 aromatic heterocycles. The van der Waals surface area contributed by atoms with Gasteiger partial charge in [-0.1, -0.05) is 13.5 Å². The Morgan fingerprint density at radius 1 is 1.32 bits per heavy atom. The molecular formula is C17H22N8O2S. The summed E-state index contributed by atoms with van der Waals surface area (Å²) in [4.78, 5) is 27.6. The molecule has 0 spiro atoms. The summed E-state index contributed by atoms with van der Waals surface area (Å²) in [7, 11) is 0. The molecule has 3 atom stereocenters. The van der Waals surface area contributed by atoms with E-state index in [1.807, 2.05) is 19.9 Å². The fourth-order valence-corrected chi connectivity index (χ4v) is 3.82. The lowest BCUT2D eigenvalue weighted by molar-refractivity contribution is -0.117. The molecule has 2 amide bonds. The number of hydrogen-bond donors (Lipinski definition) is 4. The first kappa shape index (κ1) is 19.7. The highest BCUT2D eigenvalue weighted by atomic mass is 32.1. The van der Waals surface area contributed by atoms with Gasteiger partial charge in [-0.2, -0.15) is 9.36 Å². The number of carbonyl (C=O) groups excluding carboxylic acids is 2. The third-order valence-corrected chi connectivity index (χ3v) is 5.47. The number of rotatable bonds is 7. The van der Waals surface area contributed by atoms with Crippen LogP contribution in [0.2, 0.25) is 0 Å². The predicted molar refractivity (Wildman–Crippen MR) is 106 cm³/mol. The summed E-state index contributed by atoms with van der Waals surface area (Å²) < 4.78 is 4.18. The van der Waals surface area contributed by atoms with Crippen LogP contribution < -0.4 is 21.7 Å². The Labute approximate surface area is 166 Å². The van der Waals surface area contributed by atoms with Gasteiger partial charge in [0.15, 0.2) is 11.5 Å². The summed E-state index contributed by atoms with van der Waals surface area (Å²) in [5, 5.41) is 17.8. The minimum Gasteiger partial charge on any atom is -0.364 e. The zero-order chi connectivity index (χ0) is 20.3. The maximum Gasteiger partial charge on any atom is 0.273 e. The highest BCUT2D eigenvalue weighted by molar-refractivity contribution is 7.10. The smallest absolute Gasteiger partial charge is 0.273 e. The molecule has 3 rings (SSSR count). The van der Waals surface area contributed by atoms with Gasteiger partial charge in [-0.05, 0) is 49.4 Å². The van der Waals surface area contributed by atoms with Crippen LogP contribution in [0.4, 0.5) is 16.8 Å². The van der Waals surface area contributed by atoms with Gasteiger partial charge in [-0.15, -0.1) is 10.2 Å². The molecular weight excluding hydrogens is 380 g/mol. The van der Waals surface area contributed by atoms with Crippen LogP contribution in [0.1, 0.15) is 35.9 Å². The molecule has 0 bridgehead atoms. The van der Waals surface area contributed by atoms with Crippen LogP contribution in [-0.4, -0.2) is 43.5 Å². The monoisotopic (exact) mass is 402 g/mol. The van der Waals surface area contributed by atoms with Gasteiger partial charge >= 0.3 is 0 Å². The second-order valence-corrected chi connectivity index (χ2v) is 7.47. The van der Waals surface area contributed by atoms with Gasteiger partial charge in [-0.3, -0.25) is 9.59 Å². The number of anilines is 3. The van der Waals surface area contributed by atoms with Gasteiger partial charge in [0.2, 0.25) is 11.9 Å². The molecule has 0 radical (unpaired) electrons. The van der Waals surface area contributed by atoms with Crippen LogP contribution in [-0.2, 0) is 4.79 Å². The molecule has 148 valence electrons. The van der Waals surface area contributed by atoms with E-state index in [1.165, 1.54) is 17.6 Å². The van der Waals surface area contributed by atoms with E-state index in [9.17, 15) is 9.59 Å². The summed E-state index contributed by atoms with van der Waals surface area (Å²) in [5.41, 5.74) is 6.18. The van der Waals surface area contributed by atoms with Gasteiger partial charge < -0.3 is 21.7 Å². The van der Waals surface area contributed by atoms with Crippen LogP contribution in [0.3, 0.4) is 0 Å². The Morgan fingerprint density at radius 3 is 2.71 bits per heavy atom. The lowest BCUT2D eigenvalue weighted by Gasteiger charge is -2.22. The number of carbonyl (C=O) groups is 2. The minimum absolute atomic E-state index is 0.0404. The molecule has 10 nitrogen and oxygen atoms in total. The topological polar surface area (TPSA) is 148 Å². The number of hydrogen-bond acceptors (Lipinski definition) is 9. The van der Waals surface area contributed by atoms with Crippen molar-refractivity contribution in [3.63, 3.8) is 0 Å². The summed E-state index contributed by atoms with van der Waals surface area (Å²) in [6.07, 6.45) is 2.93. The number of primary amides is 1. The molecule has 1 fully saturated rings. The zero-order valence-electron chi connectivity index (χ0n) is 15.6. The number of nitrogens with zero attached hydrogens (tertiary/aromatic N) is 4. The van der Waals surface area contributed by atoms with Crippen molar-refractivity contribution in [2.75, 3.05) is 10.6 Å². The SMILES string of the molecule is C=CC(=O)NC1CC[C@@H](Nc2nnc(C(N)=O)c(Nc3cc(C)ns3)n2)[C@H]1C. The van der Waals surface area contributed by atoms with E-state index in [1.54, 1.807) is 0 Å². The Morgan fingerprint density at radius 2 is 2.07 bits per heavy atom. The fourth-order valence-electron chi connectivity index (χ4n) is 3.16. The molecule has 5 N–H and O–H groups in total. The largest absolute Gasteiger partial charge is 0.364 e. The lowest BCUT2D eigenvalue weighted by atomic mass is 10.0. The molecule has 11 heteroatoms. The third-order valence-electron chi connectivity index (χ3n) is 4.68. The first-order valence-corrected chi connectivity index (χ1v) is 9.59. The molecule has 0 saturated heterocycles. The molecule has 1 aliphatic rings. The Hall–Kier alpha value is -3.08. The molecule has 1 aliphatic carbocycles. The Kier molecular flexibility index (Phi) is 5.83. The third kappa shape index (κ3) is 4.42. The highest BCUT2D eigenvalue weighted by Crippen LogP contribution is 2.29. The number of aromatic nitrogens is 4. The molecule has 2 heterocycles. The van der Waals surface area contributed by atoms with E-state index in [-0.39, 0.29) is 41.4 Å². The molecule has 28 heavy (non-hydrogen) atoms. The van der Waals surface area contributed by atoms with Gasteiger partial charge in [0.05, 0.1) is 5.69 Å². The van der Waals surface area contributed by atoms with Gasteiger partial charge in [-0.25, -0.2) is 0 Å². The second kappa shape index (κ2) is 8.30. The van der Waals surface area contributed by atoms with E-state index >= 15 is 0 Å². The van der Waals surface area contributed by atoms with Crippen LogP contribution >= 0.6 is 11.5 Å². The zero-order valence-corrected chi connectivity index (χ0v) is 16.4. The van der Waals surface area contributed by atoms with Crippen molar-refractivity contribution in [2.24, 2.45) is 11.7 Å². The molecule has 1 unspecified atom stereocenters. The van der Waals surface area contributed by atoms with E-state index in [4.69, 9.17) is 5.73 Å². The number of aryl methyl sites for hydroxylation is 1. The van der Waals surface area contributed by atoms with Crippen molar-refractivity contribution in [1.82, 2.24) is 24.9 Å². The fraction of sp³-hybridized carbons (Fsp3) is 0.412. The Balaban J connectivity index is 1.75. The van der Waals surface area contributed by atoms with Crippen molar-refractivity contribution in [3.8, 4) is 0 Å². The summed E-state index contributed by atoms with van der Waals surface area (Å²) in [6, 6.07) is 1.92. The quantitative estimate of drug-likeness (QED) is 0.507. The van der Waals surface area contributed by atoms with Crippen molar-refractivity contribution in [3.05, 3.63) is 30.1 Å². The highest BCUT2D eigenvalue weighted by Gasteiger charge is 2.34. The molecule has 1 saturated carbocycles. The van der Waals surface area contributed by atoms with Gasteiger partial charge in [0, 0.05) is 12.1 Å². The number of amides is 2. The van der Waals surface area contributed by atoms with E-state index in [0.29, 0.717) is 5.00 Å². The van der Waals surface area contributed by atoms with Crippen molar-refractivity contribution in [1.29, 1.82) is 0 Å². The average molecular weight is 402 g/mol. The van der Waals surface area contributed by atoms with Crippen LogP contribution in [0.15, 0.2) is 18.7 Å². The summed E-state index contributed by atoms with van der Waals surface area (Å²) in [6.45, 7) is 7.39. The number of nitrogens with two attached hydrogens (primary N) is 1. The van der Waals surface area contributed by atoms with Crippen molar-refractivity contribution < 1.29 is 9.59 Å². The second-order valence-electron chi connectivity index (χ2n) is 6.66. The van der Waals surface area contributed by atoms with Crippen LogP contribution in [0.25, 0.3) is 0 Å². The van der Waals surface area contributed by atoms with Crippen LogP contribution in [0, 0.1) is 12.8 Å². The van der Waals surface area contributed by atoms with E-state index < -0.39 is 5.91 Å². The summed E-state index contributed by atoms with van der Waals surface area (Å²) in [5.74, 6) is -0.259. The van der Waals surface area contributed by atoms with Gasteiger partial charge in [0.25, 0.3) is 5.91 Å². The van der Waals surface area contributed by atoms with Crippen molar-refractivity contribution >= 4 is 40.1 Å². The van der Waals surface area contributed by atoms with Crippen molar-refractivity contribution in [2.45, 2.75) is 38.8 Å². The standard InChI is InChI=1S/C17H22N8O2S/c1-4-12(26)19-10-5-6-11(9(10)3)20-17-22-16(14(15(18)27)23-24-17)21-13-7-8(2)25-28-13/h4,7,9-11H,1,5-6H2,2-3H3,(H2,18,27)(H,19,26)(H2,20,21,22,24)/t9-,10?,11+/m0/s1. The number of nitrogens with one attached hydrogen (secondary N) is 3. The molecule has 2 aromatic rings. The first-order valence-electron chi connectivity index (χ1n) is 8.81. The maximum atomic E-state index is 11.7. The average Bonchev–Trinajstić information content (AvgIpc) is 3.21. The first-order chi connectivity index (χ1) is 13.4. The maximum absolute atomic E-state index is 11.7.